The van der Waals surface area contributed by atoms with Crippen LogP contribution in [-0.2, 0) is 9.47 Å². The molecule has 6 heteroatoms. The summed E-state index contributed by atoms with van der Waals surface area (Å²) >= 11 is 0. The summed E-state index contributed by atoms with van der Waals surface area (Å²) in [6.07, 6.45) is 2.38. The first-order valence-corrected chi connectivity index (χ1v) is 6.87. The zero-order valence-electron chi connectivity index (χ0n) is 12.0. The SMILES string of the molecule is CCOCCCOC(=O)c1ccn(-c2cccc(N)c2)n1. The number of carbonyl (C=O) groups is 1. The highest BCUT2D eigenvalue weighted by Gasteiger charge is 2.11. The van der Waals surface area contributed by atoms with Gasteiger partial charge in [-0.3, -0.25) is 0 Å². The first kappa shape index (κ1) is 15.1. The minimum Gasteiger partial charge on any atom is -0.461 e. The number of benzene rings is 1. The quantitative estimate of drug-likeness (QED) is 0.479. The topological polar surface area (TPSA) is 79.4 Å². The van der Waals surface area contributed by atoms with Crippen LogP contribution in [0.3, 0.4) is 0 Å². The number of nitrogens with zero attached hydrogens (tertiary/aromatic N) is 2. The van der Waals surface area contributed by atoms with Gasteiger partial charge < -0.3 is 15.2 Å². The largest absolute Gasteiger partial charge is 0.461 e. The van der Waals surface area contributed by atoms with Gasteiger partial charge in [-0.05, 0) is 31.2 Å². The van der Waals surface area contributed by atoms with E-state index in [0.717, 1.165) is 5.69 Å². The molecule has 0 radical (unpaired) electrons. The maximum Gasteiger partial charge on any atom is 0.358 e. The highest BCUT2D eigenvalue weighted by atomic mass is 16.5. The number of nitrogen functional groups attached to an aromatic ring is 1. The zero-order chi connectivity index (χ0) is 15.1. The fourth-order valence-electron chi connectivity index (χ4n) is 1.79. The average Bonchev–Trinajstić information content (AvgIpc) is 2.97. The molecule has 0 unspecified atom stereocenters. The van der Waals surface area contributed by atoms with E-state index in [-0.39, 0.29) is 5.69 Å². The van der Waals surface area contributed by atoms with Crippen molar-refractivity contribution in [2.24, 2.45) is 0 Å². The Kier molecular flexibility index (Phi) is 5.34. The third-order valence-corrected chi connectivity index (χ3v) is 2.80. The predicted octanol–water partition coefficient (Wildman–Crippen LogP) is 2.04. The van der Waals surface area contributed by atoms with Gasteiger partial charge in [-0.1, -0.05) is 6.07 Å². The average molecular weight is 289 g/mol. The molecule has 0 amide bonds. The molecule has 2 aromatic rings. The molecule has 0 saturated carbocycles. The lowest BCUT2D eigenvalue weighted by atomic mass is 10.3. The molecule has 0 fully saturated rings. The molecule has 1 heterocycles. The smallest absolute Gasteiger partial charge is 0.358 e. The molecule has 0 atom stereocenters. The van der Waals surface area contributed by atoms with Gasteiger partial charge in [-0.2, -0.15) is 5.10 Å². The van der Waals surface area contributed by atoms with E-state index in [0.29, 0.717) is 31.9 Å². The Hall–Kier alpha value is -2.34. The van der Waals surface area contributed by atoms with E-state index in [4.69, 9.17) is 15.2 Å². The highest BCUT2D eigenvalue weighted by Crippen LogP contribution is 2.12. The molecule has 1 aromatic heterocycles. The number of anilines is 1. The maximum atomic E-state index is 11.8. The predicted molar refractivity (Wildman–Crippen MR) is 79.4 cm³/mol. The van der Waals surface area contributed by atoms with E-state index in [1.54, 1.807) is 29.1 Å². The molecule has 21 heavy (non-hydrogen) atoms. The molecule has 2 rings (SSSR count). The second-order valence-corrected chi connectivity index (χ2v) is 4.43. The van der Waals surface area contributed by atoms with E-state index < -0.39 is 5.97 Å². The summed E-state index contributed by atoms with van der Waals surface area (Å²) in [4.78, 5) is 11.8. The summed E-state index contributed by atoms with van der Waals surface area (Å²) < 4.78 is 11.9. The summed E-state index contributed by atoms with van der Waals surface area (Å²) in [7, 11) is 0. The van der Waals surface area contributed by atoms with Crippen molar-refractivity contribution < 1.29 is 14.3 Å². The van der Waals surface area contributed by atoms with E-state index in [1.807, 2.05) is 19.1 Å². The fourth-order valence-corrected chi connectivity index (χ4v) is 1.79. The van der Waals surface area contributed by atoms with Crippen LogP contribution in [0.5, 0.6) is 0 Å². The molecule has 0 spiro atoms. The Morgan fingerprint density at radius 3 is 2.95 bits per heavy atom. The molecule has 0 aliphatic heterocycles. The number of rotatable bonds is 7. The van der Waals surface area contributed by atoms with Crippen LogP contribution in [0.2, 0.25) is 0 Å². The van der Waals surface area contributed by atoms with Crippen molar-refractivity contribution in [2.75, 3.05) is 25.6 Å². The van der Waals surface area contributed by atoms with Crippen molar-refractivity contribution in [3.63, 3.8) is 0 Å². The van der Waals surface area contributed by atoms with Crippen LogP contribution >= 0.6 is 0 Å². The van der Waals surface area contributed by atoms with Crippen LogP contribution < -0.4 is 5.73 Å². The molecule has 2 N–H and O–H groups in total. The van der Waals surface area contributed by atoms with Crippen molar-refractivity contribution in [3.05, 3.63) is 42.2 Å². The number of nitrogens with two attached hydrogens (primary N) is 1. The van der Waals surface area contributed by atoms with Gasteiger partial charge in [0.25, 0.3) is 0 Å². The van der Waals surface area contributed by atoms with Gasteiger partial charge in [0.15, 0.2) is 5.69 Å². The van der Waals surface area contributed by atoms with E-state index in [1.165, 1.54) is 0 Å². The van der Waals surface area contributed by atoms with E-state index in [2.05, 4.69) is 5.10 Å². The molecule has 112 valence electrons. The molecule has 6 nitrogen and oxygen atoms in total. The van der Waals surface area contributed by atoms with Crippen LogP contribution in [0.4, 0.5) is 5.69 Å². The zero-order valence-corrected chi connectivity index (χ0v) is 12.0. The number of carbonyl (C=O) groups excluding carboxylic acids is 1. The first-order valence-electron chi connectivity index (χ1n) is 6.87. The molecule has 0 aliphatic rings. The molecular weight excluding hydrogens is 270 g/mol. The minimum atomic E-state index is -0.436. The van der Waals surface area contributed by atoms with E-state index in [9.17, 15) is 4.79 Å². The molecule has 0 saturated heterocycles. The Bertz CT molecular complexity index is 595. The van der Waals surface area contributed by atoms with Gasteiger partial charge in [0.2, 0.25) is 0 Å². The summed E-state index contributed by atoms with van der Waals surface area (Å²) in [5.74, 6) is -0.436. The van der Waals surface area contributed by atoms with Crippen molar-refractivity contribution in [1.29, 1.82) is 0 Å². The van der Waals surface area contributed by atoms with E-state index >= 15 is 0 Å². The Balaban J connectivity index is 1.92. The van der Waals surface area contributed by atoms with Gasteiger partial charge in [0, 0.05) is 31.5 Å². The van der Waals surface area contributed by atoms with Crippen LogP contribution in [0.1, 0.15) is 23.8 Å². The second kappa shape index (κ2) is 7.44. The van der Waals surface area contributed by atoms with Crippen molar-refractivity contribution in [3.8, 4) is 5.69 Å². The number of hydrogen-bond donors (Lipinski definition) is 1. The second-order valence-electron chi connectivity index (χ2n) is 4.43. The summed E-state index contributed by atoms with van der Waals surface area (Å²) in [5.41, 5.74) is 7.43. The monoisotopic (exact) mass is 289 g/mol. The lowest BCUT2D eigenvalue weighted by Gasteiger charge is -2.04. The highest BCUT2D eigenvalue weighted by molar-refractivity contribution is 5.87. The lowest BCUT2D eigenvalue weighted by Crippen LogP contribution is -2.09. The maximum absolute atomic E-state index is 11.8. The van der Waals surface area contributed by atoms with Gasteiger partial charge in [-0.15, -0.1) is 0 Å². The summed E-state index contributed by atoms with van der Waals surface area (Å²) in [6.45, 7) is 3.50. The Morgan fingerprint density at radius 2 is 2.19 bits per heavy atom. The standard InChI is InChI=1S/C15H19N3O3/c1-2-20-9-4-10-21-15(19)14-7-8-18(17-14)13-6-3-5-12(16)11-13/h3,5-8,11H,2,4,9-10,16H2,1H3. The van der Waals surface area contributed by atoms with Gasteiger partial charge in [0.1, 0.15) is 0 Å². The Labute approximate surface area is 123 Å². The molecule has 1 aromatic carbocycles. The molecular formula is C15H19N3O3. The lowest BCUT2D eigenvalue weighted by molar-refractivity contribution is 0.0445. The third kappa shape index (κ3) is 4.32. The summed E-state index contributed by atoms with van der Waals surface area (Å²) in [6, 6.07) is 8.89. The summed E-state index contributed by atoms with van der Waals surface area (Å²) in [5, 5.41) is 4.19. The third-order valence-electron chi connectivity index (χ3n) is 2.80. The first-order chi connectivity index (χ1) is 10.2. The molecule has 0 aliphatic carbocycles. The van der Waals surface area contributed by atoms with Crippen molar-refractivity contribution >= 4 is 11.7 Å². The van der Waals surface area contributed by atoms with Crippen LogP contribution in [-0.4, -0.2) is 35.6 Å². The van der Waals surface area contributed by atoms with Crippen LogP contribution in [0, 0.1) is 0 Å². The minimum absolute atomic E-state index is 0.272. The number of aromatic nitrogens is 2. The Morgan fingerprint density at radius 1 is 1.33 bits per heavy atom. The number of ether oxygens (including phenoxy) is 2. The fraction of sp³-hybridized carbons (Fsp3) is 0.333. The van der Waals surface area contributed by atoms with Gasteiger partial charge in [0.05, 0.1) is 12.3 Å². The number of esters is 1. The van der Waals surface area contributed by atoms with Crippen molar-refractivity contribution in [2.45, 2.75) is 13.3 Å². The van der Waals surface area contributed by atoms with Gasteiger partial charge in [-0.25, -0.2) is 9.48 Å². The molecule has 0 bridgehead atoms. The number of hydrogen-bond acceptors (Lipinski definition) is 5. The van der Waals surface area contributed by atoms with Crippen LogP contribution in [0.25, 0.3) is 5.69 Å². The van der Waals surface area contributed by atoms with Gasteiger partial charge >= 0.3 is 5.97 Å². The van der Waals surface area contributed by atoms with Crippen molar-refractivity contribution in [1.82, 2.24) is 9.78 Å². The normalized spacial score (nSPS) is 10.5. The van der Waals surface area contributed by atoms with Crippen LogP contribution in [0.15, 0.2) is 36.5 Å².